The lowest BCUT2D eigenvalue weighted by atomic mass is 9.85. The van der Waals surface area contributed by atoms with Crippen molar-refractivity contribution in [1.29, 1.82) is 0 Å². The van der Waals surface area contributed by atoms with Gasteiger partial charge in [-0.05, 0) is 12.8 Å². The van der Waals surface area contributed by atoms with E-state index in [0.29, 0.717) is 12.5 Å². The van der Waals surface area contributed by atoms with E-state index in [1.807, 2.05) is 0 Å². The molecule has 1 aliphatic heterocycles. The summed E-state index contributed by atoms with van der Waals surface area (Å²) in [5.74, 6) is -0.494. The van der Waals surface area contributed by atoms with E-state index in [2.05, 4.69) is 24.5 Å². The molecule has 1 saturated heterocycles. The van der Waals surface area contributed by atoms with E-state index >= 15 is 0 Å². The molecular formula is C13H24N2O4. The van der Waals surface area contributed by atoms with Gasteiger partial charge >= 0.3 is 12.0 Å². The van der Waals surface area contributed by atoms with Gasteiger partial charge in [0.1, 0.15) is 5.41 Å². The number of carboxylic acids is 1. The molecule has 3 N–H and O–H groups in total. The Morgan fingerprint density at radius 1 is 1.42 bits per heavy atom. The number of carboxylic acid groups (broad SMARTS) is 1. The van der Waals surface area contributed by atoms with Gasteiger partial charge in [0.25, 0.3) is 0 Å². The minimum Gasteiger partial charge on any atom is -0.481 e. The Morgan fingerprint density at radius 3 is 2.58 bits per heavy atom. The lowest BCUT2D eigenvalue weighted by Gasteiger charge is -2.25. The number of carbonyl (C=O) groups is 2. The second kappa shape index (κ2) is 6.75. The number of amides is 2. The predicted octanol–water partition coefficient (Wildman–Crippen LogP) is 1.21. The van der Waals surface area contributed by atoms with Crippen LogP contribution in [0.1, 0.15) is 33.6 Å². The quantitative estimate of drug-likeness (QED) is 0.678. The molecule has 1 fully saturated rings. The molecule has 110 valence electrons. The molecule has 0 bridgehead atoms. The molecule has 0 aromatic carbocycles. The summed E-state index contributed by atoms with van der Waals surface area (Å²) in [6.45, 7) is 6.73. The third-order valence-corrected chi connectivity index (χ3v) is 3.96. The van der Waals surface area contributed by atoms with Gasteiger partial charge in [-0.25, -0.2) is 4.79 Å². The van der Waals surface area contributed by atoms with Gasteiger partial charge in [-0.1, -0.05) is 26.7 Å². The van der Waals surface area contributed by atoms with Gasteiger partial charge in [0, 0.05) is 6.54 Å². The normalized spacial score (nSPS) is 26.4. The van der Waals surface area contributed by atoms with Gasteiger partial charge < -0.3 is 20.5 Å². The number of hydrogen-bond donors (Lipinski definition) is 3. The summed E-state index contributed by atoms with van der Waals surface area (Å²) in [5.41, 5.74) is -1.05. The third-order valence-electron chi connectivity index (χ3n) is 3.96. The second-order valence-corrected chi connectivity index (χ2v) is 5.33. The molecule has 0 aromatic rings. The van der Waals surface area contributed by atoms with E-state index in [0.717, 1.165) is 12.8 Å². The molecule has 2 atom stereocenters. The van der Waals surface area contributed by atoms with E-state index in [1.54, 1.807) is 6.92 Å². The highest BCUT2D eigenvalue weighted by atomic mass is 16.5. The molecule has 2 amide bonds. The highest BCUT2D eigenvalue weighted by molar-refractivity contribution is 5.79. The topological polar surface area (TPSA) is 87.7 Å². The lowest BCUT2D eigenvalue weighted by molar-refractivity contribution is -0.148. The first kappa shape index (κ1) is 15.8. The van der Waals surface area contributed by atoms with Crippen LogP contribution in [0.2, 0.25) is 0 Å². The van der Waals surface area contributed by atoms with Gasteiger partial charge in [0.05, 0.1) is 19.3 Å². The summed E-state index contributed by atoms with van der Waals surface area (Å²) >= 11 is 0. The molecule has 0 radical (unpaired) electrons. The molecule has 6 heteroatoms. The molecule has 2 unspecified atom stereocenters. The smallest absolute Gasteiger partial charge is 0.315 e. The van der Waals surface area contributed by atoms with Crippen LogP contribution in [0.15, 0.2) is 0 Å². The highest BCUT2D eigenvalue weighted by Gasteiger charge is 2.47. The molecule has 1 aliphatic rings. The molecule has 0 saturated carbocycles. The Labute approximate surface area is 113 Å². The van der Waals surface area contributed by atoms with Gasteiger partial charge in [-0.2, -0.15) is 0 Å². The van der Waals surface area contributed by atoms with Gasteiger partial charge in [0.2, 0.25) is 0 Å². The van der Waals surface area contributed by atoms with Crippen molar-refractivity contribution in [2.24, 2.45) is 11.3 Å². The van der Waals surface area contributed by atoms with Crippen molar-refractivity contribution < 1.29 is 19.4 Å². The Morgan fingerprint density at radius 2 is 2.05 bits per heavy atom. The zero-order chi connectivity index (χ0) is 14.5. The van der Waals surface area contributed by atoms with Crippen molar-refractivity contribution in [3.8, 4) is 0 Å². The molecule has 1 rings (SSSR count). The minimum atomic E-state index is -1.05. The number of rotatable bonds is 6. The Balaban J connectivity index is 2.46. The first-order chi connectivity index (χ1) is 8.93. The molecule has 19 heavy (non-hydrogen) atoms. The summed E-state index contributed by atoms with van der Waals surface area (Å²) < 4.78 is 5.18. The average molecular weight is 272 g/mol. The minimum absolute atomic E-state index is 0.125. The van der Waals surface area contributed by atoms with E-state index in [1.165, 1.54) is 0 Å². The van der Waals surface area contributed by atoms with Crippen LogP contribution in [0.25, 0.3) is 0 Å². The first-order valence-electron chi connectivity index (χ1n) is 6.79. The maximum atomic E-state index is 11.8. The number of ether oxygens (including phenoxy) is 1. The van der Waals surface area contributed by atoms with E-state index in [4.69, 9.17) is 4.74 Å². The van der Waals surface area contributed by atoms with Crippen molar-refractivity contribution in [2.45, 2.75) is 39.7 Å². The SMILES string of the molecule is CCC(CC)CNC(=O)NC1COCC1(C)C(=O)O. The van der Waals surface area contributed by atoms with Crippen LogP contribution < -0.4 is 10.6 Å². The summed E-state index contributed by atoms with van der Waals surface area (Å²) in [6.07, 6.45) is 2.02. The second-order valence-electron chi connectivity index (χ2n) is 5.33. The molecule has 6 nitrogen and oxygen atoms in total. The zero-order valence-electron chi connectivity index (χ0n) is 11.9. The van der Waals surface area contributed by atoms with Crippen LogP contribution in [-0.2, 0) is 9.53 Å². The Hall–Kier alpha value is -1.30. The largest absolute Gasteiger partial charge is 0.481 e. The monoisotopic (exact) mass is 272 g/mol. The molecule has 1 heterocycles. The number of aliphatic carboxylic acids is 1. The fourth-order valence-electron chi connectivity index (χ4n) is 2.11. The van der Waals surface area contributed by atoms with Crippen LogP contribution in [-0.4, -0.2) is 42.9 Å². The van der Waals surface area contributed by atoms with Crippen LogP contribution in [0.5, 0.6) is 0 Å². The van der Waals surface area contributed by atoms with Crippen molar-refractivity contribution in [1.82, 2.24) is 10.6 Å². The maximum Gasteiger partial charge on any atom is 0.315 e. The number of hydrogen-bond acceptors (Lipinski definition) is 3. The summed E-state index contributed by atoms with van der Waals surface area (Å²) in [4.78, 5) is 23.0. The van der Waals surface area contributed by atoms with Crippen molar-refractivity contribution >= 4 is 12.0 Å². The van der Waals surface area contributed by atoms with Crippen molar-refractivity contribution in [2.75, 3.05) is 19.8 Å². The predicted molar refractivity (Wildman–Crippen MR) is 71.0 cm³/mol. The van der Waals surface area contributed by atoms with Gasteiger partial charge in [-0.3, -0.25) is 4.79 Å². The Bertz CT molecular complexity index is 331. The average Bonchev–Trinajstić information content (AvgIpc) is 2.73. The van der Waals surface area contributed by atoms with Crippen molar-refractivity contribution in [3.05, 3.63) is 0 Å². The van der Waals surface area contributed by atoms with Crippen molar-refractivity contribution in [3.63, 3.8) is 0 Å². The van der Waals surface area contributed by atoms with E-state index < -0.39 is 17.4 Å². The van der Waals surface area contributed by atoms with Gasteiger partial charge in [-0.15, -0.1) is 0 Å². The summed E-state index contributed by atoms with van der Waals surface area (Å²) in [5, 5.41) is 14.7. The number of urea groups is 1. The summed E-state index contributed by atoms with van der Waals surface area (Å²) in [7, 11) is 0. The molecular weight excluding hydrogens is 248 g/mol. The fourth-order valence-corrected chi connectivity index (χ4v) is 2.11. The molecule has 0 spiro atoms. The fraction of sp³-hybridized carbons (Fsp3) is 0.846. The maximum absolute atomic E-state index is 11.8. The van der Waals surface area contributed by atoms with Crippen LogP contribution in [0.4, 0.5) is 4.79 Å². The number of nitrogens with one attached hydrogen (secondary N) is 2. The van der Waals surface area contributed by atoms with Crippen LogP contribution in [0.3, 0.4) is 0 Å². The zero-order valence-corrected chi connectivity index (χ0v) is 11.9. The molecule has 0 aromatic heterocycles. The van der Waals surface area contributed by atoms with E-state index in [-0.39, 0.29) is 19.2 Å². The van der Waals surface area contributed by atoms with Crippen LogP contribution in [0, 0.1) is 11.3 Å². The molecule has 0 aliphatic carbocycles. The van der Waals surface area contributed by atoms with Gasteiger partial charge in [0.15, 0.2) is 0 Å². The van der Waals surface area contributed by atoms with E-state index in [9.17, 15) is 14.7 Å². The third kappa shape index (κ3) is 3.83. The Kier molecular flexibility index (Phi) is 5.60. The summed E-state index contributed by atoms with van der Waals surface area (Å²) in [6, 6.07) is -0.818. The highest BCUT2D eigenvalue weighted by Crippen LogP contribution is 2.28. The first-order valence-corrected chi connectivity index (χ1v) is 6.79. The lowest BCUT2D eigenvalue weighted by Crippen LogP contribution is -2.52. The van der Waals surface area contributed by atoms with Crippen LogP contribution >= 0.6 is 0 Å². The standard InChI is InChI=1S/C13H24N2O4/c1-4-9(5-2)6-14-12(18)15-10-7-19-8-13(10,3)11(16)17/h9-10H,4-8H2,1-3H3,(H,16,17)(H2,14,15,18). The number of carbonyl (C=O) groups excluding carboxylic acids is 1.